The van der Waals surface area contributed by atoms with Gasteiger partial charge in [-0.25, -0.2) is 4.79 Å². The molecule has 0 unspecified atom stereocenters. The molecule has 0 atom stereocenters. The summed E-state index contributed by atoms with van der Waals surface area (Å²) in [6, 6.07) is 5.18. The van der Waals surface area contributed by atoms with E-state index in [1.807, 2.05) is 0 Å². The van der Waals surface area contributed by atoms with E-state index in [2.05, 4.69) is 10.4 Å². The summed E-state index contributed by atoms with van der Waals surface area (Å²) in [5.74, 6) is -0.385. The van der Waals surface area contributed by atoms with Crippen molar-refractivity contribution in [1.82, 2.24) is 9.78 Å². The molecule has 0 radical (unpaired) electrons. The molecule has 1 N–H and O–H groups in total. The van der Waals surface area contributed by atoms with Gasteiger partial charge in [0.05, 0.1) is 35.8 Å². The standard InChI is InChI=1S/C14H15Cl2N3O2/c1-3-21-14(20)10-7-18-19(2)13(10)8-17-12-5-4-9(15)6-11(12)16/h4-7,17H,3,8H2,1-2H3. The van der Waals surface area contributed by atoms with Crippen LogP contribution in [0.4, 0.5) is 5.69 Å². The molecule has 5 nitrogen and oxygen atoms in total. The number of aryl methyl sites for hydroxylation is 1. The molecule has 2 rings (SSSR count). The average molecular weight is 328 g/mol. The summed E-state index contributed by atoms with van der Waals surface area (Å²) in [7, 11) is 1.77. The van der Waals surface area contributed by atoms with Gasteiger partial charge in [0, 0.05) is 12.1 Å². The van der Waals surface area contributed by atoms with Gasteiger partial charge < -0.3 is 10.1 Å². The van der Waals surface area contributed by atoms with Crippen molar-refractivity contribution >= 4 is 34.9 Å². The van der Waals surface area contributed by atoms with Crippen LogP contribution in [0.3, 0.4) is 0 Å². The van der Waals surface area contributed by atoms with Crippen LogP contribution in [0.15, 0.2) is 24.4 Å². The number of esters is 1. The molecule has 1 aromatic heterocycles. The Hall–Kier alpha value is -1.72. The molecule has 0 aliphatic heterocycles. The minimum absolute atomic E-state index is 0.323. The molecule has 112 valence electrons. The second kappa shape index (κ2) is 6.83. The first-order valence-corrected chi connectivity index (χ1v) is 7.15. The van der Waals surface area contributed by atoms with E-state index in [-0.39, 0.29) is 5.97 Å². The van der Waals surface area contributed by atoms with Crippen molar-refractivity contribution in [3.63, 3.8) is 0 Å². The zero-order valence-corrected chi connectivity index (χ0v) is 13.2. The van der Waals surface area contributed by atoms with Crippen LogP contribution in [0, 0.1) is 0 Å². The molecular formula is C14H15Cl2N3O2. The Labute approximate surface area is 132 Å². The van der Waals surface area contributed by atoms with E-state index in [1.165, 1.54) is 6.20 Å². The molecule has 7 heteroatoms. The van der Waals surface area contributed by atoms with Gasteiger partial charge >= 0.3 is 5.97 Å². The Bertz CT molecular complexity index is 656. The number of benzene rings is 1. The van der Waals surface area contributed by atoms with E-state index in [4.69, 9.17) is 27.9 Å². The number of rotatable bonds is 5. The van der Waals surface area contributed by atoms with Crippen LogP contribution in [0.5, 0.6) is 0 Å². The lowest BCUT2D eigenvalue weighted by Gasteiger charge is -2.10. The number of halogens is 2. The molecule has 0 aliphatic carbocycles. The highest BCUT2D eigenvalue weighted by Crippen LogP contribution is 2.26. The number of hydrogen-bond donors (Lipinski definition) is 1. The third-order valence-electron chi connectivity index (χ3n) is 2.93. The summed E-state index contributed by atoms with van der Waals surface area (Å²) in [6.07, 6.45) is 1.50. The van der Waals surface area contributed by atoms with Crippen LogP contribution in [0.2, 0.25) is 10.0 Å². The first-order chi connectivity index (χ1) is 10.0. The van der Waals surface area contributed by atoms with Gasteiger partial charge in [0.15, 0.2) is 0 Å². The molecule has 0 spiro atoms. The highest BCUT2D eigenvalue weighted by molar-refractivity contribution is 6.36. The fourth-order valence-corrected chi connectivity index (χ4v) is 2.34. The Morgan fingerprint density at radius 1 is 1.43 bits per heavy atom. The molecule has 1 aromatic carbocycles. The largest absolute Gasteiger partial charge is 0.462 e. The summed E-state index contributed by atoms with van der Waals surface area (Å²) in [5.41, 5.74) is 1.90. The van der Waals surface area contributed by atoms with Crippen LogP contribution in [0.25, 0.3) is 0 Å². The third kappa shape index (κ3) is 3.68. The predicted octanol–water partition coefficient (Wildman–Crippen LogP) is 3.52. The third-order valence-corrected chi connectivity index (χ3v) is 3.48. The molecule has 0 amide bonds. The molecule has 0 fully saturated rings. The average Bonchev–Trinajstić information content (AvgIpc) is 2.79. The summed E-state index contributed by atoms with van der Waals surface area (Å²) >= 11 is 12.0. The van der Waals surface area contributed by atoms with Crippen LogP contribution in [-0.4, -0.2) is 22.4 Å². The van der Waals surface area contributed by atoms with Gasteiger partial charge in [-0.2, -0.15) is 5.10 Å². The van der Waals surface area contributed by atoms with Crippen molar-refractivity contribution in [2.45, 2.75) is 13.5 Å². The topological polar surface area (TPSA) is 56.1 Å². The molecule has 0 saturated carbocycles. The number of nitrogens with zero attached hydrogens (tertiary/aromatic N) is 2. The maximum atomic E-state index is 11.9. The van der Waals surface area contributed by atoms with Crippen molar-refractivity contribution in [2.24, 2.45) is 7.05 Å². The van der Waals surface area contributed by atoms with E-state index in [0.717, 1.165) is 11.4 Å². The summed E-state index contributed by atoms with van der Waals surface area (Å²) < 4.78 is 6.64. The smallest absolute Gasteiger partial charge is 0.341 e. The lowest BCUT2D eigenvalue weighted by atomic mass is 10.2. The summed E-state index contributed by atoms with van der Waals surface area (Å²) in [6.45, 7) is 2.48. The van der Waals surface area contributed by atoms with Crippen LogP contribution in [-0.2, 0) is 18.3 Å². The van der Waals surface area contributed by atoms with Gasteiger partial charge in [0.2, 0.25) is 0 Å². The molecular weight excluding hydrogens is 313 g/mol. The van der Waals surface area contributed by atoms with E-state index in [1.54, 1.807) is 36.9 Å². The van der Waals surface area contributed by atoms with Gasteiger partial charge in [0.1, 0.15) is 5.56 Å². The maximum Gasteiger partial charge on any atom is 0.341 e. The second-order valence-electron chi connectivity index (χ2n) is 4.33. The maximum absolute atomic E-state index is 11.9. The Morgan fingerprint density at radius 3 is 2.86 bits per heavy atom. The van der Waals surface area contributed by atoms with Gasteiger partial charge in [-0.15, -0.1) is 0 Å². The SMILES string of the molecule is CCOC(=O)c1cnn(C)c1CNc1ccc(Cl)cc1Cl. The minimum Gasteiger partial charge on any atom is -0.462 e. The van der Waals surface area contributed by atoms with Gasteiger partial charge in [0.25, 0.3) is 0 Å². The molecule has 2 aromatic rings. The second-order valence-corrected chi connectivity index (χ2v) is 5.17. The molecule has 1 heterocycles. The number of anilines is 1. The van der Waals surface area contributed by atoms with Crippen molar-refractivity contribution in [3.05, 3.63) is 45.7 Å². The van der Waals surface area contributed by atoms with Gasteiger partial charge in [-0.05, 0) is 25.1 Å². The lowest BCUT2D eigenvalue weighted by molar-refractivity contribution is 0.0525. The molecule has 21 heavy (non-hydrogen) atoms. The number of nitrogens with one attached hydrogen (secondary N) is 1. The highest BCUT2D eigenvalue weighted by Gasteiger charge is 2.17. The highest BCUT2D eigenvalue weighted by atomic mass is 35.5. The normalized spacial score (nSPS) is 10.5. The van der Waals surface area contributed by atoms with Gasteiger partial charge in [-0.1, -0.05) is 23.2 Å². The Balaban J connectivity index is 2.16. The van der Waals surface area contributed by atoms with E-state index in [0.29, 0.717) is 28.8 Å². The zero-order valence-electron chi connectivity index (χ0n) is 11.7. The monoisotopic (exact) mass is 327 g/mol. The van der Waals surface area contributed by atoms with Crippen molar-refractivity contribution < 1.29 is 9.53 Å². The van der Waals surface area contributed by atoms with E-state index < -0.39 is 0 Å². The fraction of sp³-hybridized carbons (Fsp3) is 0.286. The lowest BCUT2D eigenvalue weighted by Crippen LogP contribution is -2.12. The molecule has 0 bridgehead atoms. The number of ether oxygens (including phenoxy) is 1. The van der Waals surface area contributed by atoms with E-state index in [9.17, 15) is 4.79 Å². The molecule has 0 aliphatic rings. The first-order valence-electron chi connectivity index (χ1n) is 6.39. The summed E-state index contributed by atoms with van der Waals surface area (Å²) in [4.78, 5) is 11.9. The zero-order chi connectivity index (χ0) is 15.4. The number of hydrogen-bond acceptors (Lipinski definition) is 4. The Morgan fingerprint density at radius 2 is 2.19 bits per heavy atom. The van der Waals surface area contributed by atoms with Crippen molar-refractivity contribution in [1.29, 1.82) is 0 Å². The first kappa shape index (κ1) is 15.7. The fourth-order valence-electron chi connectivity index (χ4n) is 1.86. The van der Waals surface area contributed by atoms with Crippen LogP contribution >= 0.6 is 23.2 Å². The Kier molecular flexibility index (Phi) is 5.09. The van der Waals surface area contributed by atoms with Crippen LogP contribution < -0.4 is 5.32 Å². The van der Waals surface area contributed by atoms with E-state index >= 15 is 0 Å². The minimum atomic E-state index is -0.385. The van der Waals surface area contributed by atoms with Crippen molar-refractivity contribution in [2.75, 3.05) is 11.9 Å². The predicted molar refractivity (Wildman–Crippen MR) is 83.0 cm³/mol. The number of carbonyl (C=O) groups is 1. The number of aromatic nitrogens is 2. The van der Waals surface area contributed by atoms with Crippen LogP contribution in [0.1, 0.15) is 23.0 Å². The van der Waals surface area contributed by atoms with Gasteiger partial charge in [-0.3, -0.25) is 4.68 Å². The quantitative estimate of drug-likeness (QED) is 0.854. The molecule has 0 saturated heterocycles. The number of carbonyl (C=O) groups excluding carboxylic acids is 1. The van der Waals surface area contributed by atoms with Crippen molar-refractivity contribution in [3.8, 4) is 0 Å². The summed E-state index contributed by atoms with van der Waals surface area (Å²) in [5, 5.41) is 8.34.